The first kappa shape index (κ1) is 15.3. The summed E-state index contributed by atoms with van der Waals surface area (Å²) < 4.78 is 27.5. The van der Waals surface area contributed by atoms with Crippen LogP contribution in [0.2, 0.25) is 0 Å². The van der Waals surface area contributed by atoms with Crippen LogP contribution in [0.4, 0.5) is 0 Å². The largest absolute Gasteiger partial charge is 0.341 e. The number of likely N-dealkylation sites (tertiary alicyclic amines) is 1. The van der Waals surface area contributed by atoms with Crippen LogP contribution in [0.25, 0.3) is 0 Å². The zero-order valence-electron chi connectivity index (χ0n) is 12.6. The van der Waals surface area contributed by atoms with Crippen molar-refractivity contribution in [3.8, 4) is 0 Å². The van der Waals surface area contributed by atoms with E-state index in [-0.39, 0.29) is 11.8 Å². The number of nitrogens with one attached hydrogen (secondary N) is 1. The van der Waals surface area contributed by atoms with Crippen molar-refractivity contribution in [2.75, 3.05) is 19.6 Å². The van der Waals surface area contributed by atoms with Crippen LogP contribution in [0.15, 0.2) is 0 Å². The molecular weight excluding hydrogens is 288 g/mol. The number of carbonyl (C=O) groups excluding carboxylic acids is 1. The minimum Gasteiger partial charge on any atom is -0.341 e. The Balaban J connectivity index is 1.57. The summed E-state index contributed by atoms with van der Waals surface area (Å²) in [5.74, 6) is 0.875. The van der Waals surface area contributed by atoms with E-state index in [1.165, 1.54) is 0 Å². The Morgan fingerprint density at radius 1 is 1.05 bits per heavy atom. The van der Waals surface area contributed by atoms with Crippen LogP contribution < -0.4 is 4.72 Å². The molecule has 0 bridgehead atoms. The molecule has 1 amide bonds. The van der Waals surface area contributed by atoms with Crippen molar-refractivity contribution in [3.63, 3.8) is 0 Å². The molecule has 2 saturated carbocycles. The lowest BCUT2D eigenvalue weighted by Crippen LogP contribution is -2.49. The Hall–Kier alpha value is -0.620. The first-order valence-corrected chi connectivity index (χ1v) is 9.88. The van der Waals surface area contributed by atoms with Crippen LogP contribution in [0.1, 0.15) is 51.4 Å². The van der Waals surface area contributed by atoms with Gasteiger partial charge in [0.05, 0.1) is 5.25 Å². The molecule has 0 spiro atoms. The minimum absolute atomic E-state index is 0.144. The number of piperidine rings is 1. The number of amides is 1. The topological polar surface area (TPSA) is 66.5 Å². The molecule has 120 valence electrons. The quantitative estimate of drug-likeness (QED) is 0.836. The highest BCUT2D eigenvalue weighted by atomic mass is 32.2. The maximum absolute atomic E-state index is 12.5. The zero-order chi connectivity index (χ0) is 14.9. The fourth-order valence-corrected chi connectivity index (χ4v) is 5.05. The van der Waals surface area contributed by atoms with Crippen LogP contribution in [-0.2, 0) is 14.8 Å². The van der Waals surface area contributed by atoms with Crippen molar-refractivity contribution in [2.45, 2.75) is 56.6 Å². The second kappa shape index (κ2) is 6.24. The van der Waals surface area contributed by atoms with Crippen LogP contribution in [0, 0.1) is 11.8 Å². The lowest BCUT2D eigenvalue weighted by molar-refractivity contribution is -0.136. The predicted octanol–water partition coefficient (Wildman–Crippen LogP) is 1.50. The summed E-state index contributed by atoms with van der Waals surface area (Å²) in [6.07, 6.45) is 7.98. The van der Waals surface area contributed by atoms with Crippen molar-refractivity contribution in [3.05, 3.63) is 0 Å². The van der Waals surface area contributed by atoms with Gasteiger partial charge in [-0.2, -0.15) is 0 Å². The smallest absolute Gasteiger partial charge is 0.225 e. The number of rotatable bonds is 5. The molecule has 1 heterocycles. The van der Waals surface area contributed by atoms with E-state index < -0.39 is 15.3 Å². The standard InChI is InChI=1S/C15H26N2O3S/c18-15(13-4-1-2-5-13)17-9-3-6-14(11-17)21(19,20)16-10-12-7-8-12/h12-14,16H,1-11H2/t14-/m0/s1. The van der Waals surface area contributed by atoms with Gasteiger partial charge in [-0.3, -0.25) is 4.79 Å². The van der Waals surface area contributed by atoms with Gasteiger partial charge in [-0.15, -0.1) is 0 Å². The molecule has 0 unspecified atom stereocenters. The van der Waals surface area contributed by atoms with Crippen molar-refractivity contribution < 1.29 is 13.2 Å². The predicted molar refractivity (Wildman–Crippen MR) is 81.2 cm³/mol. The molecule has 1 N–H and O–H groups in total. The Kier molecular flexibility index (Phi) is 4.54. The number of carbonyl (C=O) groups is 1. The van der Waals surface area contributed by atoms with Crippen LogP contribution >= 0.6 is 0 Å². The molecule has 3 aliphatic rings. The molecule has 3 rings (SSSR count). The van der Waals surface area contributed by atoms with Gasteiger partial charge in [-0.1, -0.05) is 12.8 Å². The highest BCUT2D eigenvalue weighted by Crippen LogP contribution is 2.30. The van der Waals surface area contributed by atoms with E-state index in [9.17, 15) is 13.2 Å². The molecule has 1 atom stereocenters. The third kappa shape index (κ3) is 3.77. The van der Waals surface area contributed by atoms with Gasteiger partial charge in [0, 0.05) is 25.6 Å². The molecule has 0 aromatic carbocycles. The molecule has 21 heavy (non-hydrogen) atoms. The van der Waals surface area contributed by atoms with Crippen LogP contribution in [0.3, 0.4) is 0 Å². The summed E-state index contributed by atoms with van der Waals surface area (Å²) in [5, 5.41) is -0.421. The maximum atomic E-state index is 12.5. The SMILES string of the molecule is O=C(C1CCCC1)N1CCC[C@H](S(=O)(=O)NCC2CC2)C1. The van der Waals surface area contributed by atoms with Gasteiger partial charge in [0.15, 0.2) is 0 Å². The second-order valence-corrected chi connectivity index (χ2v) is 8.91. The molecule has 0 aromatic rings. The van der Waals surface area contributed by atoms with E-state index in [4.69, 9.17) is 0 Å². The fourth-order valence-electron chi connectivity index (χ4n) is 3.50. The van der Waals surface area contributed by atoms with Gasteiger partial charge in [0.1, 0.15) is 0 Å². The Labute approximate surface area is 127 Å². The molecule has 1 aliphatic heterocycles. The average molecular weight is 314 g/mol. The first-order chi connectivity index (χ1) is 10.1. The Morgan fingerprint density at radius 2 is 1.76 bits per heavy atom. The van der Waals surface area contributed by atoms with Gasteiger partial charge < -0.3 is 4.90 Å². The van der Waals surface area contributed by atoms with E-state index in [1.54, 1.807) is 4.90 Å². The molecule has 1 saturated heterocycles. The molecule has 5 nitrogen and oxygen atoms in total. The number of nitrogens with zero attached hydrogens (tertiary/aromatic N) is 1. The summed E-state index contributed by atoms with van der Waals surface area (Å²) in [6, 6.07) is 0. The summed E-state index contributed by atoms with van der Waals surface area (Å²) in [4.78, 5) is 14.3. The fraction of sp³-hybridized carbons (Fsp3) is 0.933. The third-order valence-electron chi connectivity index (χ3n) is 5.10. The summed E-state index contributed by atoms with van der Waals surface area (Å²) >= 11 is 0. The van der Waals surface area contributed by atoms with Crippen molar-refractivity contribution in [2.24, 2.45) is 11.8 Å². The molecule has 6 heteroatoms. The normalized spacial score (nSPS) is 28.0. The van der Waals surface area contributed by atoms with Crippen molar-refractivity contribution in [1.29, 1.82) is 0 Å². The molecular formula is C15H26N2O3S. The Bertz CT molecular complexity index is 481. The van der Waals surface area contributed by atoms with Crippen LogP contribution in [-0.4, -0.2) is 44.1 Å². The third-order valence-corrected chi connectivity index (χ3v) is 6.93. The van der Waals surface area contributed by atoms with E-state index >= 15 is 0 Å². The van der Waals surface area contributed by atoms with E-state index in [2.05, 4.69) is 4.72 Å². The number of sulfonamides is 1. The van der Waals surface area contributed by atoms with E-state index in [0.717, 1.165) is 51.5 Å². The summed E-state index contributed by atoms with van der Waals surface area (Å²) in [6.45, 7) is 1.69. The number of hydrogen-bond acceptors (Lipinski definition) is 3. The second-order valence-electron chi connectivity index (χ2n) is 6.87. The van der Waals surface area contributed by atoms with Crippen molar-refractivity contribution >= 4 is 15.9 Å². The summed E-state index contributed by atoms with van der Waals surface area (Å²) in [5.41, 5.74) is 0. The maximum Gasteiger partial charge on any atom is 0.225 e. The van der Waals surface area contributed by atoms with E-state index in [1.807, 2.05) is 0 Å². The van der Waals surface area contributed by atoms with Gasteiger partial charge in [0.25, 0.3) is 0 Å². The summed E-state index contributed by atoms with van der Waals surface area (Å²) in [7, 11) is -3.27. The first-order valence-electron chi connectivity index (χ1n) is 8.33. The average Bonchev–Trinajstić information content (AvgIpc) is 3.17. The monoisotopic (exact) mass is 314 g/mol. The molecule has 2 aliphatic carbocycles. The number of hydrogen-bond donors (Lipinski definition) is 1. The van der Waals surface area contributed by atoms with Crippen LogP contribution in [0.5, 0.6) is 0 Å². The van der Waals surface area contributed by atoms with Crippen molar-refractivity contribution in [1.82, 2.24) is 9.62 Å². The lowest BCUT2D eigenvalue weighted by atomic mass is 10.0. The van der Waals surface area contributed by atoms with Gasteiger partial charge in [0.2, 0.25) is 15.9 Å². The van der Waals surface area contributed by atoms with Gasteiger partial charge in [-0.05, 0) is 44.4 Å². The lowest BCUT2D eigenvalue weighted by Gasteiger charge is -2.34. The Morgan fingerprint density at radius 3 is 2.43 bits per heavy atom. The highest BCUT2D eigenvalue weighted by molar-refractivity contribution is 7.90. The van der Waals surface area contributed by atoms with Gasteiger partial charge in [-0.25, -0.2) is 13.1 Å². The highest BCUT2D eigenvalue weighted by Gasteiger charge is 2.36. The minimum atomic E-state index is -3.27. The molecule has 0 aromatic heterocycles. The van der Waals surface area contributed by atoms with Gasteiger partial charge >= 0.3 is 0 Å². The molecule has 3 fully saturated rings. The molecule has 0 radical (unpaired) electrons. The zero-order valence-corrected chi connectivity index (χ0v) is 13.4. The van der Waals surface area contributed by atoms with E-state index in [0.29, 0.717) is 25.4 Å².